The minimum absolute atomic E-state index is 0.0138. The van der Waals surface area contributed by atoms with Gasteiger partial charge < -0.3 is 5.32 Å². The van der Waals surface area contributed by atoms with Crippen LogP contribution < -0.4 is 10.0 Å². The second-order valence-electron chi connectivity index (χ2n) is 4.99. The molecule has 0 amide bonds. The summed E-state index contributed by atoms with van der Waals surface area (Å²) in [6.07, 6.45) is 3.00. The van der Waals surface area contributed by atoms with E-state index in [0.717, 1.165) is 25.8 Å². The monoisotopic (exact) mass is 286 g/mol. The SMILES string of the molecule is Cc1ccc(F)cc1NS(=O)(=O)CC1CCCCN1. The van der Waals surface area contributed by atoms with E-state index in [4.69, 9.17) is 0 Å². The van der Waals surface area contributed by atoms with Crippen molar-refractivity contribution in [2.24, 2.45) is 0 Å². The van der Waals surface area contributed by atoms with Crippen molar-refractivity contribution in [1.29, 1.82) is 0 Å². The predicted octanol–water partition coefficient (Wildman–Crippen LogP) is 2.02. The lowest BCUT2D eigenvalue weighted by atomic mass is 10.1. The van der Waals surface area contributed by atoms with Crippen LogP contribution in [0.15, 0.2) is 18.2 Å². The summed E-state index contributed by atoms with van der Waals surface area (Å²) in [5.74, 6) is -0.415. The van der Waals surface area contributed by atoms with Gasteiger partial charge in [-0.1, -0.05) is 12.5 Å². The van der Waals surface area contributed by atoms with Gasteiger partial charge >= 0.3 is 0 Å². The fourth-order valence-corrected chi connectivity index (χ4v) is 3.70. The van der Waals surface area contributed by atoms with Crippen molar-refractivity contribution in [2.75, 3.05) is 17.0 Å². The van der Waals surface area contributed by atoms with Crippen LogP contribution in [0.1, 0.15) is 24.8 Å². The van der Waals surface area contributed by atoms with Gasteiger partial charge in [-0.05, 0) is 44.0 Å². The lowest BCUT2D eigenvalue weighted by Crippen LogP contribution is -2.40. The van der Waals surface area contributed by atoms with Gasteiger partial charge in [-0.3, -0.25) is 4.72 Å². The van der Waals surface area contributed by atoms with Crippen molar-refractivity contribution >= 4 is 15.7 Å². The maximum absolute atomic E-state index is 13.1. The van der Waals surface area contributed by atoms with Crippen LogP contribution in [0.5, 0.6) is 0 Å². The van der Waals surface area contributed by atoms with E-state index in [1.807, 2.05) is 0 Å². The first-order chi connectivity index (χ1) is 8.96. The van der Waals surface area contributed by atoms with E-state index in [1.54, 1.807) is 13.0 Å². The van der Waals surface area contributed by atoms with Gasteiger partial charge in [-0.25, -0.2) is 12.8 Å². The third-order valence-corrected chi connectivity index (χ3v) is 4.67. The third kappa shape index (κ3) is 4.18. The van der Waals surface area contributed by atoms with Crippen molar-refractivity contribution in [1.82, 2.24) is 5.32 Å². The van der Waals surface area contributed by atoms with E-state index in [1.165, 1.54) is 12.1 Å². The molecule has 19 heavy (non-hydrogen) atoms. The van der Waals surface area contributed by atoms with E-state index in [2.05, 4.69) is 10.0 Å². The van der Waals surface area contributed by atoms with Crippen molar-refractivity contribution in [3.05, 3.63) is 29.6 Å². The summed E-state index contributed by atoms with van der Waals surface area (Å²) in [6.45, 7) is 2.61. The molecule has 1 saturated heterocycles. The Bertz CT molecular complexity index is 540. The number of hydrogen-bond acceptors (Lipinski definition) is 3. The molecule has 1 aromatic carbocycles. The number of anilines is 1. The fraction of sp³-hybridized carbons (Fsp3) is 0.538. The average molecular weight is 286 g/mol. The van der Waals surface area contributed by atoms with Gasteiger partial charge in [-0.15, -0.1) is 0 Å². The summed E-state index contributed by atoms with van der Waals surface area (Å²) >= 11 is 0. The highest BCUT2D eigenvalue weighted by molar-refractivity contribution is 7.92. The van der Waals surface area contributed by atoms with Crippen LogP contribution in [0.2, 0.25) is 0 Å². The molecule has 4 nitrogen and oxygen atoms in total. The molecule has 1 heterocycles. The first-order valence-electron chi connectivity index (χ1n) is 6.46. The van der Waals surface area contributed by atoms with Gasteiger partial charge in [0.15, 0.2) is 0 Å². The van der Waals surface area contributed by atoms with Gasteiger partial charge in [0.25, 0.3) is 0 Å². The Morgan fingerprint density at radius 3 is 2.89 bits per heavy atom. The van der Waals surface area contributed by atoms with Gasteiger partial charge in [0.1, 0.15) is 5.82 Å². The largest absolute Gasteiger partial charge is 0.313 e. The maximum atomic E-state index is 13.1. The Hall–Kier alpha value is -1.14. The molecule has 0 saturated carbocycles. The highest BCUT2D eigenvalue weighted by atomic mass is 32.2. The number of piperidine rings is 1. The van der Waals surface area contributed by atoms with Crippen molar-refractivity contribution in [3.8, 4) is 0 Å². The van der Waals surface area contributed by atoms with Crippen molar-refractivity contribution < 1.29 is 12.8 Å². The second kappa shape index (κ2) is 5.88. The fourth-order valence-electron chi connectivity index (χ4n) is 2.24. The number of nitrogens with one attached hydrogen (secondary N) is 2. The summed E-state index contributed by atoms with van der Waals surface area (Å²) < 4.78 is 39.7. The second-order valence-corrected chi connectivity index (χ2v) is 6.76. The van der Waals surface area contributed by atoms with Gasteiger partial charge in [-0.2, -0.15) is 0 Å². The predicted molar refractivity (Wildman–Crippen MR) is 74.2 cm³/mol. The van der Waals surface area contributed by atoms with Crippen LogP contribution in [0, 0.1) is 12.7 Å². The summed E-state index contributed by atoms with van der Waals surface area (Å²) in [6, 6.07) is 4.07. The third-order valence-electron chi connectivity index (χ3n) is 3.30. The number of halogens is 1. The smallest absolute Gasteiger partial charge is 0.234 e. The number of hydrogen-bond donors (Lipinski definition) is 2. The molecular weight excluding hydrogens is 267 g/mol. The minimum Gasteiger partial charge on any atom is -0.313 e. The number of benzene rings is 1. The molecule has 0 radical (unpaired) electrons. The molecule has 0 bridgehead atoms. The quantitative estimate of drug-likeness (QED) is 0.890. The normalized spacial score (nSPS) is 20.2. The van der Waals surface area contributed by atoms with Crippen LogP contribution in [-0.4, -0.2) is 26.8 Å². The molecule has 1 aliphatic rings. The molecule has 0 aromatic heterocycles. The highest BCUT2D eigenvalue weighted by Crippen LogP contribution is 2.18. The molecule has 1 aromatic rings. The van der Waals surface area contributed by atoms with E-state index < -0.39 is 15.8 Å². The first-order valence-corrected chi connectivity index (χ1v) is 8.11. The van der Waals surface area contributed by atoms with E-state index in [9.17, 15) is 12.8 Å². The number of sulfonamides is 1. The molecule has 2 N–H and O–H groups in total. The molecule has 106 valence electrons. The van der Waals surface area contributed by atoms with Crippen LogP contribution in [0.25, 0.3) is 0 Å². The van der Waals surface area contributed by atoms with E-state index in [-0.39, 0.29) is 11.8 Å². The minimum atomic E-state index is -3.45. The zero-order chi connectivity index (χ0) is 13.9. The lowest BCUT2D eigenvalue weighted by molar-refractivity contribution is 0.424. The molecule has 1 unspecified atom stereocenters. The zero-order valence-electron chi connectivity index (χ0n) is 10.9. The Balaban J connectivity index is 2.05. The Morgan fingerprint density at radius 2 is 2.21 bits per heavy atom. The molecule has 1 aliphatic heterocycles. The Labute approximate surface area is 113 Å². The summed E-state index contributed by atoms with van der Waals surface area (Å²) in [4.78, 5) is 0. The summed E-state index contributed by atoms with van der Waals surface area (Å²) in [7, 11) is -3.45. The molecule has 6 heteroatoms. The van der Waals surface area contributed by atoms with Crippen molar-refractivity contribution in [2.45, 2.75) is 32.2 Å². The van der Waals surface area contributed by atoms with Crippen molar-refractivity contribution in [3.63, 3.8) is 0 Å². The molecule has 0 spiro atoms. The number of rotatable bonds is 4. The van der Waals surface area contributed by atoms with Crippen LogP contribution in [0.3, 0.4) is 0 Å². The summed E-state index contributed by atoms with van der Waals surface area (Å²) in [5.41, 5.74) is 1.03. The standard InChI is InChI=1S/C13H19FN2O2S/c1-10-5-6-11(14)8-13(10)16-19(17,18)9-12-4-2-3-7-15-12/h5-6,8,12,15-16H,2-4,7,9H2,1H3. The van der Waals surface area contributed by atoms with Crippen LogP contribution >= 0.6 is 0 Å². The number of aryl methyl sites for hydroxylation is 1. The lowest BCUT2D eigenvalue weighted by Gasteiger charge is -2.23. The maximum Gasteiger partial charge on any atom is 0.234 e. The average Bonchev–Trinajstić information content (AvgIpc) is 2.34. The zero-order valence-corrected chi connectivity index (χ0v) is 11.8. The molecule has 1 fully saturated rings. The molecule has 2 rings (SSSR count). The van der Waals surface area contributed by atoms with Crippen LogP contribution in [0.4, 0.5) is 10.1 Å². The van der Waals surface area contributed by atoms with Gasteiger partial charge in [0.2, 0.25) is 10.0 Å². The highest BCUT2D eigenvalue weighted by Gasteiger charge is 2.21. The topological polar surface area (TPSA) is 58.2 Å². The molecular formula is C13H19FN2O2S. The van der Waals surface area contributed by atoms with E-state index >= 15 is 0 Å². The van der Waals surface area contributed by atoms with Crippen LogP contribution in [-0.2, 0) is 10.0 Å². The Kier molecular flexibility index (Phi) is 4.42. The Morgan fingerprint density at radius 1 is 1.42 bits per heavy atom. The van der Waals surface area contributed by atoms with E-state index in [0.29, 0.717) is 11.3 Å². The molecule has 1 atom stereocenters. The molecule has 0 aliphatic carbocycles. The van der Waals surface area contributed by atoms with Gasteiger partial charge in [0.05, 0.1) is 11.4 Å². The first kappa shape index (κ1) is 14.3. The van der Waals surface area contributed by atoms with Gasteiger partial charge in [0, 0.05) is 6.04 Å². The summed E-state index contributed by atoms with van der Waals surface area (Å²) in [5, 5.41) is 3.19.